The summed E-state index contributed by atoms with van der Waals surface area (Å²) in [5.41, 5.74) is 2.41. The fraction of sp³-hybridized carbons (Fsp3) is 0.250. The number of hydrogen-bond acceptors (Lipinski definition) is 4. The van der Waals surface area contributed by atoms with Gasteiger partial charge in [0.1, 0.15) is 5.54 Å². The summed E-state index contributed by atoms with van der Waals surface area (Å²) in [6, 6.07) is 28.2. The Kier molecular flexibility index (Phi) is 9.88. The number of esters is 1. The van der Waals surface area contributed by atoms with Gasteiger partial charge >= 0.3 is 5.97 Å². The highest BCUT2D eigenvalue weighted by molar-refractivity contribution is 9.10. The van der Waals surface area contributed by atoms with Crippen LogP contribution in [-0.4, -0.2) is 25.2 Å². The SMILES string of the molecule is COC(=O)[C@@](C/C=C\COCc1ccccc1)(Cc1ccccc1)NCc1ccc(Br)cc1. The van der Waals surface area contributed by atoms with Crippen molar-refractivity contribution in [3.8, 4) is 0 Å². The summed E-state index contributed by atoms with van der Waals surface area (Å²) in [5.74, 6) is -0.279. The number of nitrogens with one attached hydrogen (secondary N) is 1. The Hall–Kier alpha value is -2.73. The molecule has 0 radical (unpaired) electrons. The van der Waals surface area contributed by atoms with E-state index in [0.717, 1.165) is 21.2 Å². The summed E-state index contributed by atoms with van der Waals surface area (Å²) >= 11 is 3.47. The van der Waals surface area contributed by atoms with E-state index in [0.29, 0.717) is 32.6 Å². The summed E-state index contributed by atoms with van der Waals surface area (Å²) in [4.78, 5) is 13.1. The molecule has 0 aliphatic carbocycles. The Morgan fingerprint density at radius 1 is 0.879 bits per heavy atom. The van der Waals surface area contributed by atoms with Crippen molar-refractivity contribution in [1.29, 1.82) is 0 Å². The molecule has 172 valence electrons. The molecule has 1 N–H and O–H groups in total. The van der Waals surface area contributed by atoms with E-state index < -0.39 is 5.54 Å². The topological polar surface area (TPSA) is 47.6 Å². The van der Waals surface area contributed by atoms with Gasteiger partial charge in [-0.05, 0) is 35.2 Å². The highest BCUT2D eigenvalue weighted by Crippen LogP contribution is 2.22. The molecule has 0 saturated carbocycles. The van der Waals surface area contributed by atoms with E-state index in [-0.39, 0.29) is 5.97 Å². The smallest absolute Gasteiger partial charge is 0.326 e. The molecule has 4 nitrogen and oxygen atoms in total. The lowest BCUT2D eigenvalue weighted by Gasteiger charge is -2.32. The van der Waals surface area contributed by atoms with Crippen LogP contribution in [0.25, 0.3) is 0 Å². The Morgan fingerprint density at radius 3 is 2.15 bits per heavy atom. The second-order valence-electron chi connectivity index (χ2n) is 7.89. The minimum Gasteiger partial charge on any atom is -0.468 e. The zero-order valence-corrected chi connectivity index (χ0v) is 20.5. The highest BCUT2D eigenvalue weighted by Gasteiger charge is 2.38. The molecule has 3 rings (SSSR count). The van der Waals surface area contributed by atoms with Crippen LogP contribution in [0.15, 0.2) is 102 Å². The van der Waals surface area contributed by atoms with Crippen molar-refractivity contribution >= 4 is 21.9 Å². The van der Waals surface area contributed by atoms with E-state index in [2.05, 4.69) is 21.2 Å². The van der Waals surface area contributed by atoms with Crippen molar-refractivity contribution in [1.82, 2.24) is 5.32 Å². The molecule has 0 unspecified atom stereocenters. The van der Waals surface area contributed by atoms with Crippen LogP contribution in [0.5, 0.6) is 0 Å². The quantitative estimate of drug-likeness (QED) is 0.189. The molecule has 1 atom stereocenters. The summed E-state index contributed by atoms with van der Waals surface area (Å²) in [6.45, 7) is 1.58. The molecule has 0 aliphatic heterocycles. The number of ether oxygens (including phenoxy) is 2. The molecule has 5 heteroatoms. The molecule has 0 fully saturated rings. The third-order valence-corrected chi connectivity index (χ3v) is 5.96. The maximum atomic E-state index is 13.1. The summed E-state index contributed by atoms with van der Waals surface area (Å²) in [6.07, 6.45) is 4.97. The van der Waals surface area contributed by atoms with Gasteiger partial charge in [-0.25, -0.2) is 0 Å². The van der Waals surface area contributed by atoms with E-state index in [4.69, 9.17) is 9.47 Å². The normalized spacial score (nSPS) is 13.0. The third-order valence-electron chi connectivity index (χ3n) is 5.43. The molecule has 0 spiro atoms. The first-order valence-corrected chi connectivity index (χ1v) is 11.8. The van der Waals surface area contributed by atoms with Crippen molar-refractivity contribution < 1.29 is 14.3 Å². The number of rotatable bonds is 12. The first-order valence-electron chi connectivity index (χ1n) is 11.0. The van der Waals surface area contributed by atoms with Gasteiger partial charge in [0.15, 0.2) is 0 Å². The Bertz CT molecular complexity index is 1010. The van der Waals surface area contributed by atoms with Crippen molar-refractivity contribution in [2.24, 2.45) is 0 Å². The van der Waals surface area contributed by atoms with Gasteiger partial charge in [-0.2, -0.15) is 0 Å². The predicted octanol–water partition coefficient (Wildman–Crippen LogP) is 5.86. The lowest BCUT2D eigenvalue weighted by molar-refractivity contribution is -0.148. The number of methoxy groups -OCH3 is 1. The van der Waals surface area contributed by atoms with Crippen LogP contribution in [0, 0.1) is 0 Å². The standard InChI is InChI=1S/C28H30BrNO3/c1-32-27(31)28(20-23-10-4-2-5-11-23,30-21-24-14-16-26(29)17-15-24)18-8-9-19-33-22-25-12-6-3-7-13-25/h2-17,30H,18-22H2,1H3/b9-8-/t28-/m1/s1. The van der Waals surface area contributed by atoms with Crippen molar-refractivity contribution in [2.75, 3.05) is 13.7 Å². The zero-order valence-electron chi connectivity index (χ0n) is 18.9. The van der Waals surface area contributed by atoms with Crippen LogP contribution in [0.1, 0.15) is 23.1 Å². The van der Waals surface area contributed by atoms with E-state index >= 15 is 0 Å². The van der Waals surface area contributed by atoms with Crippen LogP contribution < -0.4 is 5.32 Å². The number of carbonyl (C=O) groups excluding carboxylic acids is 1. The van der Waals surface area contributed by atoms with Crippen LogP contribution in [0.3, 0.4) is 0 Å². The molecular weight excluding hydrogens is 478 g/mol. The summed E-state index contributed by atoms with van der Waals surface area (Å²) in [7, 11) is 1.44. The van der Waals surface area contributed by atoms with Crippen LogP contribution in [-0.2, 0) is 33.8 Å². The fourth-order valence-corrected chi connectivity index (χ4v) is 3.88. The van der Waals surface area contributed by atoms with E-state index in [1.165, 1.54) is 7.11 Å². The first-order chi connectivity index (χ1) is 16.1. The van der Waals surface area contributed by atoms with Crippen molar-refractivity contribution in [3.05, 3.63) is 118 Å². The molecule has 3 aromatic carbocycles. The average Bonchev–Trinajstić information content (AvgIpc) is 2.86. The van der Waals surface area contributed by atoms with Crippen molar-refractivity contribution in [3.63, 3.8) is 0 Å². The van der Waals surface area contributed by atoms with Gasteiger partial charge in [0.05, 0.1) is 20.3 Å². The summed E-state index contributed by atoms with van der Waals surface area (Å²) < 4.78 is 12.0. The summed E-state index contributed by atoms with van der Waals surface area (Å²) in [5, 5.41) is 3.50. The van der Waals surface area contributed by atoms with Gasteiger partial charge in [-0.15, -0.1) is 0 Å². The molecule has 0 heterocycles. The molecule has 3 aromatic rings. The van der Waals surface area contributed by atoms with Gasteiger partial charge in [0.25, 0.3) is 0 Å². The van der Waals surface area contributed by atoms with E-state index in [9.17, 15) is 4.79 Å². The molecular formula is C28H30BrNO3. The van der Waals surface area contributed by atoms with Crippen LogP contribution in [0.2, 0.25) is 0 Å². The van der Waals surface area contributed by atoms with Crippen LogP contribution >= 0.6 is 15.9 Å². The second-order valence-corrected chi connectivity index (χ2v) is 8.81. The largest absolute Gasteiger partial charge is 0.468 e. The van der Waals surface area contributed by atoms with E-state index in [1.54, 1.807) is 0 Å². The Labute approximate surface area is 204 Å². The van der Waals surface area contributed by atoms with Gasteiger partial charge in [0.2, 0.25) is 0 Å². The van der Waals surface area contributed by atoms with Gasteiger partial charge in [-0.3, -0.25) is 10.1 Å². The van der Waals surface area contributed by atoms with Gasteiger partial charge < -0.3 is 9.47 Å². The molecule has 0 aliphatic rings. The Balaban J connectivity index is 1.70. The number of hydrogen-bond donors (Lipinski definition) is 1. The number of halogens is 1. The fourth-order valence-electron chi connectivity index (χ4n) is 3.62. The first kappa shape index (κ1) is 24.9. The monoisotopic (exact) mass is 507 g/mol. The van der Waals surface area contributed by atoms with E-state index in [1.807, 2.05) is 97.1 Å². The molecule has 33 heavy (non-hydrogen) atoms. The predicted molar refractivity (Wildman–Crippen MR) is 136 cm³/mol. The minimum atomic E-state index is -0.890. The lowest BCUT2D eigenvalue weighted by Crippen LogP contribution is -2.53. The van der Waals surface area contributed by atoms with Crippen LogP contribution in [0.4, 0.5) is 0 Å². The van der Waals surface area contributed by atoms with Gasteiger partial charge in [0, 0.05) is 17.4 Å². The number of benzene rings is 3. The minimum absolute atomic E-state index is 0.279. The molecule has 0 bridgehead atoms. The second kappa shape index (κ2) is 13.1. The lowest BCUT2D eigenvalue weighted by atomic mass is 9.86. The van der Waals surface area contributed by atoms with Gasteiger partial charge in [-0.1, -0.05) is 101 Å². The maximum absolute atomic E-state index is 13.1. The number of carbonyl (C=O) groups is 1. The molecule has 0 saturated heterocycles. The average molecular weight is 508 g/mol. The highest BCUT2D eigenvalue weighted by atomic mass is 79.9. The maximum Gasteiger partial charge on any atom is 0.326 e. The molecule has 0 aromatic heterocycles. The van der Waals surface area contributed by atoms with Crippen molar-refractivity contribution in [2.45, 2.75) is 31.5 Å². The molecule has 0 amide bonds. The zero-order chi connectivity index (χ0) is 23.4. The Morgan fingerprint density at radius 2 is 1.52 bits per heavy atom. The third kappa shape index (κ3) is 7.97.